The number of hydrogen-bond donors (Lipinski definition) is 1. The zero-order chi connectivity index (χ0) is 22.7. The number of nitrogens with one attached hydrogen (secondary N) is 1. The van der Waals surface area contributed by atoms with E-state index in [2.05, 4.69) is 34.5 Å². The molecule has 170 valence electrons. The molecule has 0 spiro atoms. The Bertz CT molecular complexity index is 926. The first-order valence-corrected chi connectivity index (χ1v) is 11.3. The molecule has 1 amide bonds. The topological polar surface area (TPSA) is 67.9 Å². The van der Waals surface area contributed by atoms with Crippen molar-refractivity contribution in [2.45, 2.75) is 76.4 Å². The highest BCUT2D eigenvalue weighted by Crippen LogP contribution is 2.40. The molecule has 6 heteroatoms. The lowest BCUT2D eigenvalue weighted by molar-refractivity contribution is -0.153. The summed E-state index contributed by atoms with van der Waals surface area (Å²) in [6, 6.07) is 19.3. The van der Waals surface area contributed by atoms with Crippen LogP contribution < -0.4 is 5.32 Å². The van der Waals surface area contributed by atoms with Crippen LogP contribution in [0.15, 0.2) is 60.7 Å². The van der Waals surface area contributed by atoms with Crippen molar-refractivity contribution >= 4 is 12.1 Å². The summed E-state index contributed by atoms with van der Waals surface area (Å²) >= 11 is 0. The van der Waals surface area contributed by atoms with E-state index in [4.69, 9.17) is 9.47 Å². The minimum Gasteiger partial charge on any atom is -0.459 e. The maximum atomic E-state index is 13.2. The molecular weight excluding hydrogens is 404 g/mol. The monoisotopic (exact) mass is 436 g/mol. The molecule has 2 heterocycles. The van der Waals surface area contributed by atoms with Crippen LogP contribution in [0.3, 0.4) is 0 Å². The highest BCUT2D eigenvalue weighted by atomic mass is 16.6. The van der Waals surface area contributed by atoms with Gasteiger partial charge < -0.3 is 14.8 Å². The number of rotatable bonds is 6. The fourth-order valence-electron chi connectivity index (χ4n) is 4.78. The molecule has 0 aromatic heterocycles. The molecule has 2 fully saturated rings. The van der Waals surface area contributed by atoms with Crippen LogP contribution in [-0.4, -0.2) is 40.8 Å². The van der Waals surface area contributed by atoms with Crippen LogP contribution in [0.2, 0.25) is 0 Å². The number of ether oxygens (including phenoxy) is 2. The van der Waals surface area contributed by atoms with Gasteiger partial charge in [0.15, 0.2) is 6.04 Å². The van der Waals surface area contributed by atoms with E-state index in [1.54, 1.807) is 20.8 Å². The summed E-state index contributed by atoms with van der Waals surface area (Å²) in [6.07, 6.45) is 2.17. The van der Waals surface area contributed by atoms with Crippen LogP contribution in [0.1, 0.15) is 57.2 Å². The molecule has 2 bridgehead atoms. The third kappa shape index (κ3) is 5.30. The first kappa shape index (κ1) is 22.3. The van der Waals surface area contributed by atoms with Crippen LogP contribution in [0.5, 0.6) is 0 Å². The van der Waals surface area contributed by atoms with Crippen molar-refractivity contribution in [2.75, 3.05) is 0 Å². The minimum absolute atomic E-state index is 0.170. The normalized spacial score (nSPS) is 23.5. The summed E-state index contributed by atoms with van der Waals surface area (Å²) in [7, 11) is 0. The van der Waals surface area contributed by atoms with Crippen LogP contribution in [0.25, 0.3) is 0 Å². The number of hydrogen-bond acceptors (Lipinski definition) is 5. The summed E-state index contributed by atoms with van der Waals surface area (Å²) in [6.45, 7) is 6.24. The molecule has 0 saturated carbocycles. The molecule has 2 aliphatic heterocycles. The third-order valence-corrected chi connectivity index (χ3v) is 6.13. The van der Waals surface area contributed by atoms with Gasteiger partial charge in [0.2, 0.25) is 0 Å². The van der Waals surface area contributed by atoms with Crippen molar-refractivity contribution in [1.29, 1.82) is 0 Å². The first-order chi connectivity index (χ1) is 15.3. The van der Waals surface area contributed by atoms with Gasteiger partial charge in [0, 0.05) is 25.0 Å². The van der Waals surface area contributed by atoms with Gasteiger partial charge in [-0.05, 0) is 44.7 Å². The maximum Gasteiger partial charge on any atom is 0.408 e. The highest BCUT2D eigenvalue weighted by molar-refractivity contribution is 5.83. The van der Waals surface area contributed by atoms with Crippen molar-refractivity contribution in [1.82, 2.24) is 10.2 Å². The Balaban J connectivity index is 1.44. The maximum absolute atomic E-state index is 13.2. The van der Waals surface area contributed by atoms with Gasteiger partial charge in [-0.15, -0.1) is 0 Å². The Morgan fingerprint density at radius 1 is 1.03 bits per heavy atom. The van der Waals surface area contributed by atoms with Crippen molar-refractivity contribution in [3.05, 3.63) is 71.8 Å². The molecule has 2 aromatic carbocycles. The molecule has 4 atom stereocenters. The van der Waals surface area contributed by atoms with Crippen molar-refractivity contribution in [2.24, 2.45) is 0 Å². The van der Waals surface area contributed by atoms with Gasteiger partial charge in [0.25, 0.3) is 0 Å². The fraction of sp³-hybridized carbons (Fsp3) is 0.462. The summed E-state index contributed by atoms with van der Waals surface area (Å²) in [4.78, 5) is 28.1. The number of nitrogens with zero attached hydrogens (tertiary/aromatic N) is 1. The molecule has 32 heavy (non-hydrogen) atoms. The number of esters is 1. The molecule has 0 radical (unpaired) electrons. The number of benzene rings is 2. The molecule has 4 unspecified atom stereocenters. The molecule has 4 rings (SSSR count). The van der Waals surface area contributed by atoms with Crippen LogP contribution in [0, 0.1) is 0 Å². The lowest BCUT2D eigenvalue weighted by Crippen LogP contribution is -2.41. The number of amides is 1. The molecular formula is C26H32N2O4. The van der Waals surface area contributed by atoms with E-state index in [1.807, 2.05) is 36.4 Å². The van der Waals surface area contributed by atoms with Crippen LogP contribution in [0.4, 0.5) is 4.79 Å². The van der Waals surface area contributed by atoms with E-state index < -0.39 is 23.7 Å². The van der Waals surface area contributed by atoms with Gasteiger partial charge in [-0.1, -0.05) is 60.7 Å². The Hall–Kier alpha value is -2.86. The lowest BCUT2D eigenvalue weighted by atomic mass is 9.97. The van der Waals surface area contributed by atoms with E-state index >= 15 is 0 Å². The Kier molecular flexibility index (Phi) is 6.51. The van der Waals surface area contributed by atoms with Gasteiger partial charge in [-0.3, -0.25) is 4.90 Å². The summed E-state index contributed by atoms with van der Waals surface area (Å²) in [5.74, 6) is -0.445. The number of fused-ring (bicyclic) bond motifs is 2. The standard InChI is InChI=1S/C26H32N2O4/c1-26(2,3)32-25(30)27-23(19-12-8-5-9-13-19)24(29)31-22-16-20-14-15-21(22)28(20)17-18-10-6-4-7-11-18/h4-13,20-23H,14-17H2,1-3H3,(H,27,30). The molecule has 0 aliphatic carbocycles. The average Bonchev–Trinajstić information content (AvgIpc) is 3.28. The van der Waals surface area contributed by atoms with Gasteiger partial charge in [-0.25, -0.2) is 9.59 Å². The minimum atomic E-state index is -0.909. The van der Waals surface area contributed by atoms with E-state index in [0.717, 1.165) is 25.8 Å². The molecule has 2 aromatic rings. The molecule has 2 saturated heterocycles. The lowest BCUT2D eigenvalue weighted by Gasteiger charge is -2.27. The predicted octanol–water partition coefficient (Wildman–Crippen LogP) is 4.60. The average molecular weight is 437 g/mol. The molecule has 6 nitrogen and oxygen atoms in total. The molecule has 1 N–H and O–H groups in total. The summed E-state index contributed by atoms with van der Waals surface area (Å²) in [5.41, 5.74) is 1.29. The van der Waals surface area contributed by atoms with E-state index in [0.29, 0.717) is 11.6 Å². The van der Waals surface area contributed by atoms with Crippen molar-refractivity contribution < 1.29 is 19.1 Å². The number of alkyl carbamates (subject to hydrolysis) is 1. The van der Waals surface area contributed by atoms with Crippen molar-refractivity contribution in [3.8, 4) is 0 Å². The fourth-order valence-corrected chi connectivity index (χ4v) is 4.78. The van der Waals surface area contributed by atoms with Gasteiger partial charge >= 0.3 is 12.1 Å². The summed E-state index contributed by atoms with van der Waals surface area (Å²) in [5, 5.41) is 2.71. The zero-order valence-corrected chi connectivity index (χ0v) is 19.0. The molecule has 2 aliphatic rings. The second kappa shape index (κ2) is 9.33. The number of carbonyl (C=O) groups is 2. The van der Waals surface area contributed by atoms with Gasteiger partial charge in [0.1, 0.15) is 11.7 Å². The highest BCUT2D eigenvalue weighted by Gasteiger charge is 2.48. The number of carbonyl (C=O) groups excluding carboxylic acids is 2. The zero-order valence-electron chi connectivity index (χ0n) is 19.0. The smallest absolute Gasteiger partial charge is 0.408 e. The van der Waals surface area contributed by atoms with Crippen molar-refractivity contribution in [3.63, 3.8) is 0 Å². The predicted molar refractivity (Wildman–Crippen MR) is 122 cm³/mol. The van der Waals surface area contributed by atoms with Gasteiger partial charge in [-0.2, -0.15) is 0 Å². The Morgan fingerprint density at radius 2 is 1.69 bits per heavy atom. The van der Waals surface area contributed by atoms with Gasteiger partial charge in [0.05, 0.1) is 0 Å². The second-order valence-electron chi connectivity index (χ2n) is 9.66. The van der Waals surface area contributed by atoms with E-state index in [9.17, 15) is 9.59 Å². The second-order valence-corrected chi connectivity index (χ2v) is 9.66. The van der Waals surface area contributed by atoms with Crippen LogP contribution >= 0.6 is 0 Å². The van der Waals surface area contributed by atoms with Crippen LogP contribution in [-0.2, 0) is 20.8 Å². The summed E-state index contributed by atoms with van der Waals surface area (Å²) < 4.78 is 11.4. The third-order valence-electron chi connectivity index (χ3n) is 6.13. The Labute approximate surface area is 189 Å². The largest absolute Gasteiger partial charge is 0.459 e. The first-order valence-electron chi connectivity index (χ1n) is 11.3. The quantitative estimate of drug-likeness (QED) is 0.671. The van der Waals surface area contributed by atoms with E-state index in [1.165, 1.54) is 5.56 Å². The SMILES string of the molecule is CC(C)(C)OC(=O)NC(C(=O)OC1CC2CCC1N2Cc1ccccc1)c1ccccc1. The van der Waals surface area contributed by atoms with E-state index in [-0.39, 0.29) is 12.1 Å². The Morgan fingerprint density at radius 3 is 2.34 bits per heavy atom.